The first-order valence-electron chi connectivity index (χ1n) is 8.09. The minimum absolute atomic E-state index is 0.00374. The third kappa shape index (κ3) is 2.85. The zero-order valence-corrected chi connectivity index (χ0v) is 14.3. The lowest BCUT2D eigenvalue weighted by molar-refractivity contribution is 0.0650. The largest absolute Gasteiger partial charge is 0.486 e. The number of benzene rings is 1. The fourth-order valence-corrected chi connectivity index (χ4v) is 3.76. The van der Waals surface area contributed by atoms with Gasteiger partial charge < -0.3 is 19.7 Å². The Kier molecular flexibility index (Phi) is 4.12. The second kappa shape index (κ2) is 6.41. The van der Waals surface area contributed by atoms with Crippen LogP contribution in [0.25, 0.3) is 10.6 Å². The fraction of sp³-hybridized carbons (Fsp3) is 0.412. The third-order valence-corrected chi connectivity index (χ3v) is 5.17. The van der Waals surface area contributed by atoms with Gasteiger partial charge in [-0.1, -0.05) is 0 Å². The number of amides is 1. The molecular weight excluding hydrogens is 326 g/mol. The average Bonchev–Trinajstić information content (AvgIpc) is 3.11. The Morgan fingerprint density at radius 1 is 1.33 bits per heavy atom. The van der Waals surface area contributed by atoms with Crippen molar-refractivity contribution in [1.82, 2.24) is 15.2 Å². The minimum Gasteiger partial charge on any atom is -0.486 e. The average molecular weight is 345 g/mol. The van der Waals surface area contributed by atoms with Gasteiger partial charge in [0.2, 0.25) is 0 Å². The van der Waals surface area contributed by atoms with Gasteiger partial charge in [-0.25, -0.2) is 4.98 Å². The van der Waals surface area contributed by atoms with Crippen molar-refractivity contribution in [1.29, 1.82) is 0 Å². The number of aromatic nitrogens is 1. The van der Waals surface area contributed by atoms with Crippen molar-refractivity contribution in [2.75, 3.05) is 32.8 Å². The van der Waals surface area contributed by atoms with E-state index in [4.69, 9.17) is 9.47 Å². The Morgan fingerprint density at radius 3 is 3.00 bits per heavy atom. The predicted octanol–water partition coefficient (Wildman–Crippen LogP) is 2.02. The maximum absolute atomic E-state index is 12.7. The molecule has 3 heterocycles. The Balaban J connectivity index is 1.57. The highest BCUT2D eigenvalue weighted by atomic mass is 32.1. The van der Waals surface area contributed by atoms with Gasteiger partial charge in [0.15, 0.2) is 11.5 Å². The van der Waals surface area contributed by atoms with Gasteiger partial charge in [0.25, 0.3) is 5.91 Å². The van der Waals surface area contributed by atoms with E-state index in [1.807, 2.05) is 28.5 Å². The zero-order chi connectivity index (χ0) is 16.5. The molecular formula is C17H19N3O3S. The molecule has 1 amide bonds. The van der Waals surface area contributed by atoms with Crippen molar-refractivity contribution in [2.24, 2.45) is 0 Å². The molecule has 0 radical (unpaired) electrons. The van der Waals surface area contributed by atoms with Crippen molar-refractivity contribution < 1.29 is 14.3 Å². The van der Waals surface area contributed by atoms with Gasteiger partial charge >= 0.3 is 0 Å². The number of rotatable bonds is 2. The van der Waals surface area contributed by atoms with Crippen LogP contribution in [0.3, 0.4) is 0 Å². The van der Waals surface area contributed by atoms with Crippen molar-refractivity contribution in [3.8, 4) is 22.1 Å². The molecule has 126 valence electrons. The maximum Gasteiger partial charge on any atom is 0.273 e. The fourth-order valence-electron chi connectivity index (χ4n) is 2.97. The maximum atomic E-state index is 12.7. The summed E-state index contributed by atoms with van der Waals surface area (Å²) in [6.07, 6.45) is 0. The zero-order valence-electron chi connectivity index (χ0n) is 13.4. The van der Waals surface area contributed by atoms with Crippen molar-refractivity contribution in [2.45, 2.75) is 13.0 Å². The lowest BCUT2D eigenvalue weighted by Crippen LogP contribution is -2.52. The van der Waals surface area contributed by atoms with E-state index in [0.29, 0.717) is 18.9 Å². The summed E-state index contributed by atoms with van der Waals surface area (Å²) in [5.74, 6) is 1.49. The molecule has 0 spiro atoms. The standard InChI is InChI=1S/C17H19N3O3S/c1-11-9-18-4-5-20(11)17(21)13-10-24-16(19-13)12-2-3-14-15(8-12)23-7-6-22-14/h2-3,8,10-11,18H,4-7,9H2,1H3/t11-/m0/s1. The molecule has 1 saturated heterocycles. The normalized spacial score (nSPS) is 20.0. The van der Waals surface area contributed by atoms with E-state index in [1.54, 1.807) is 0 Å². The summed E-state index contributed by atoms with van der Waals surface area (Å²) in [6, 6.07) is 5.96. The molecule has 0 saturated carbocycles. The number of fused-ring (bicyclic) bond motifs is 1. The van der Waals surface area contributed by atoms with Crippen molar-refractivity contribution >= 4 is 17.2 Å². The Labute approximate surface area is 144 Å². The molecule has 2 aliphatic rings. The van der Waals surface area contributed by atoms with Crippen LogP contribution in [-0.4, -0.2) is 54.7 Å². The van der Waals surface area contributed by atoms with E-state index in [-0.39, 0.29) is 11.9 Å². The number of nitrogens with zero attached hydrogens (tertiary/aromatic N) is 2. The van der Waals surface area contributed by atoms with E-state index in [1.165, 1.54) is 11.3 Å². The van der Waals surface area contributed by atoms with E-state index < -0.39 is 0 Å². The topological polar surface area (TPSA) is 63.7 Å². The molecule has 1 aromatic carbocycles. The summed E-state index contributed by atoms with van der Waals surface area (Å²) in [6.45, 7) is 5.55. The molecule has 7 heteroatoms. The van der Waals surface area contributed by atoms with E-state index in [9.17, 15) is 4.79 Å². The lowest BCUT2D eigenvalue weighted by atomic mass is 10.2. The van der Waals surface area contributed by atoms with Crippen LogP contribution in [-0.2, 0) is 0 Å². The molecule has 0 aliphatic carbocycles. The first kappa shape index (κ1) is 15.4. The highest BCUT2D eigenvalue weighted by Gasteiger charge is 2.26. The minimum atomic E-state index is 0.00374. The molecule has 0 unspecified atom stereocenters. The van der Waals surface area contributed by atoms with E-state index in [0.717, 1.165) is 41.7 Å². The molecule has 6 nitrogen and oxygen atoms in total. The molecule has 2 aliphatic heterocycles. The van der Waals surface area contributed by atoms with Crippen LogP contribution in [0.4, 0.5) is 0 Å². The van der Waals surface area contributed by atoms with Gasteiger partial charge in [-0.3, -0.25) is 4.79 Å². The van der Waals surface area contributed by atoms with Crippen LogP contribution < -0.4 is 14.8 Å². The number of piperazine rings is 1. The van der Waals surface area contributed by atoms with Crippen LogP contribution in [0.2, 0.25) is 0 Å². The highest BCUT2D eigenvalue weighted by molar-refractivity contribution is 7.13. The number of ether oxygens (including phenoxy) is 2. The quantitative estimate of drug-likeness (QED) is 0.902. The summed E-state index contributed by atoms with van der Waals surface area (Å²) in [4.78, 5) is 19.1. The molecule has 2 aromatic rings. The van der Waals surface area contributed by atoms with Gasteiger partial charge in [-0.2, -0.15) is 0 Å². The SMILES string of the molecule is C[C@H]1CNCCN1C(=O)c1csc(-c2ccc3c(c2)OCCO3)n1. The Morgan fingerprint density at radius 2 is 2.17 bits per heavy atom. The van der Waals surface area contributed by atoms with Gasteiger partial charge in [-0.15, -0.1) is 11.3 Å². The highest BCUT2D eigenvalue weighted by Crippen LogP contribution is 2.35. The first-order valence-corrected chi connectivity index (χ1v) is 8.97. The number of carbonyl (C=O) groups is 1. The Hall–Kier alpha value is -2.12. The molecule has 1 fully saturated rings. The number of thiazole rings is 1. The summed E-state index contributed by atoms with van der Waals surface area (Å²) in [7, 11) is 0. The van der Waals surface area contributed by atoms with Crippen LogP contribution >= 0.6 is 11.3 Å². The second-order valence-electron chi connectivity index (χ2n) is 5.95. The van der Waals surface area contributed by atoms with Crippen LogP contribution in [0.1, 0.15) is 17.4 Å². The lowest BCUT2D eigenvalue weighted by Gasteiger charge is -2.33. The molecule has 24 heavy (non-hydrogen) atoms. The van der Waals surface area contributed by atoms with Gasteiger partial charge in [-0.05, 0) is 25.1 Å². The van der Waals surface area contributed by atoms with E-state index in [2.05, 4.69) is 17.2 Å². The summed E-state index contributed by atoms with van der Waals surface area (Å²) in [5.41, 5.74) is 1.45. The number of carbonyl (C=O) groups excluding carboxylic acids is 1. The summed E-state index contributed by atoms with van der Waals surface area (Å²) < 4.78 is 11.2. The number of hydrogen-bond donors (Lipinski definition) is 1. The second-order valence-corrected chi connectivity index (χ2v) is 6.81. The molecule has 1 aromatic heterocycles. The van der Waals surface area contributed by atoms with Crippen LogP contribution in [0.15, 0.2) is 23.6 Å². The third-order valence-electron chi connectivity index (χ3n) is 4.27. The van der Waals surface area contributed by atoms with Crippen molar-refractivity contribution in [3.63, 3.8) is 0 Å². The first-order chi connectivity index (χ1) is 11.7. The summed E-state index contributed by atoms with van der Waals surface area (Å²) >= 11 is 1.48. The number of nitrogens with one attached hydrogen (secondary N) is 1. The number of hydrogen-bond acceptors (Lipinski definition) is 6. The molecule has 1 atom stereocenters. The Bertz CT molecular complexity index is 761. The molecule has 1 N–H and O–H groups in total. The van der Waals surface area contributed by atoms with E-state index >= 15 is 0 Å². The van der Waals surface area contributed by atoms with Gasteiger partial charge in [0.05, 0.1) is 0 Å². The monoisotopic (exact) mass is 345 g/mol. The smallest absolute Gasteiger partial charge is 0.273 e. The molecule has 4 rings (SSSR count). The van der Waals surface area contributed by atoms with Gasteiger partial charge in [0.1, 0.15) is 23.9 Å². The molecule has 0 bridgehead atoms. The van der Waals surface area contributed by atoms with Gasteiger partial charge in [0, 0.05) is 36.6 Å². The summed E-state index contributed by atoms with van der Waals surface area (Å²) in [5, 5.41) is 5.95. The van der Waals surface area contributed by atoms with Crippen molar-refractivity contribution in [3.05, 3.63) is 29.3 Å². The van der Waals surface area contributed by atoms with Crippen LogP contribution in [0.5, 0.6) is 11.5 Å². The predicted molar refractivity (Wildman–Crippen MR) is 91.9 cm³/mol. The van der Waals surface area contributed by atoms with Crippen LogP contribution in [0, 0.1) is 0 Å².